The van der Waals surface area contributed by atoms with Gasteiger partial charge in [-0.05, 0) is 75.5 Å². The maximum Gasteiger partial charge on any atom is 0.164 e. The van der Waals surface area contributed by atoms with Crippen LogP contribution in [0.1, 0.15) is 92.2 Å². The van der Waals surface area contributed by atoms with Gasteiger partial charge in [-0.2, -0.15) is 0 Å². The van der Waals surface area contributed by atoms with Gasteiger partial charge in [0.15, 0.2) is 5.78 Å². The van der Waals surface area contributed by atoms with E-state index in [2.05, 4.69) is 86.6 Å². The van der Waals surface area contributed by atoms with Crippen LogP contribution in [0.4, 0.5) is 0 Å². The first kappa shape index (κ1) is 35.7. The zero-order valence-electron chi connectivity index (χ0n) is 28.4. The zero-order chi connectivity index (χ0) is 32.6. The molecule has 1 radical (unpaired) electrons. The van der Waals surface area contributed by atoms with E-state index in [1.54, 1.807) is 0 Å². The first-order chi connectivity index (χ1) is 21.5. The summed E-state index contributed by atoms with van der Waals surface area (Å²) < 4.78 is 1.35. The van der Waals surface area contributed by atoms with Gasteiger partial charge in [-0.3, -0.25) is 4.79 Å². The molecule has 0 atom stereocenters. The second-order valence-corrected chi connectivity index (χ2v) is 14.4. The monoisotopic (exact) mass is 809 g/mol. The van der Waals surface area contributed by atoms with Crippen LogP contribution in [0.15, 0.2) is 84.8 Å². The molecule has 3 nitrogen and oxygen atoms in total. The number of carbonyl (C=O) groups excluding carboxylic acids is 1. The number of thiophene rings is 1. The largest absolute Gasteiger partial charge is 0.512 e. The van der Waals surface area contributed by atoms with Crippen LogP contribution in [-0.2, 0) is 30.3 Å². The number of rotatable bonds is 8. The minimum absolute atomic E-state index is 0. The summed E-state index contributed by atoms with van der Waals surface area (Å²) in [6, 6.07) is 27.2. The third kappa shape index (κ3) is 6.15. The van der Waals surface area contributed by atoms with Crippen molar-refractivity contribution in [3.05, 3.63) is 102 Å². The van der Waals surface area contributed by atoms with Crippen molar-refractivity contribution in [3.8, 4) is 21.7 Å². The van der Waals surface area contributed by atoms with Crippen LogP contribution in [-0.4, -0.2) is 15.9 Å². The summed E-state index contributed by atoms with van der Waals surface area (Å²) >= 11 is 1.90. The average molecular weight is 809 g/mol. The van der Waals surface area contributed by atoms with Crippen LogP contribution in [0.2, 0.25) is 0 Å². The molecule has 0 aliphatic heterocycles. The number of allylic oxidation sites excluding steroid dienone is 2. The molecule has 3 aromatic carbocycles. The number of aliphatic hydroxyl groups excluding tert-OH is 1. The van der Waals surface area contributed by atoms with Gasteiger partial charge in [0.25, 0.3) is 0 Å². The molecule has 0 fully saturated rings. The van der Waals surface area contributed by atoms with E-state index in [-0.39, 0.29) is 47.9 Å². The summed E-state index contributed by atoms with van der Waals surface area (Å²) in [5.41, 5.74) is 5.65. The van der Waals surface area contributed by atoms with E-state index in [0.717, 1.165) is 36.9 Å². The van der Waals surface area contributed by atoms with Crippen LogP contribution >= 0.6 is 11.3 Å². The normalized spacial score (nSPS) is 13.9. The van der Waals surface area contributed by atoms with Gasteiger partial charge < -0.3 is 10.1 Å². The molecule has 2 heterocycles. The van der Waals surface area contributed by atoms with Crippen molar-refractivity contribution < 1.29 is 30.0 Å². The maximum absolute atomic E-state index is 12.2. The Morgan fingerprint density at radius 2 is 1.50 bits per heavy atom. The molecule has 5 aromatic rings. The molecule has 6 rings (SSSR count). The number of benzene rings is 3. The number of nitrogens with zero attached hydrogens (tertiary/aromatic N) is 1. The summed E-state index contributed by atoms with van der Waals surface area (Å²) in [5.74, 6) is 0.286. The third-order valence-corrected chi connectivity index (χ3v) is 11.8. The van der Waals surface area contributed by atoms with E-state index in [1.807, 2.05) is 59.1 Å². The smallest absolute Gasteiger partial charge is 0.164 e. The molecule has 1 N–H and O–H groups in total. The fourth-order valence-corrected chi connectivity index (χ4v) is 7.85. The molecule has 2 aromatic heterocycles. The quantitative estimate of drug-likeness (QED) is 0.0965. The second-order valence-electron chi connectivity index (χ2n) is 13.4. The van der Waals surface area contributed by atoms with Gasteiger partial charge >= 0.3 is 0 Å². The van der Waals surface area contributed by atoms with Gasteiger partial charge in [0.05, 0.1) is 0 Å². The molecule has 0 unspecified atom stereocenters. The number of pyridine rings is 1. The standard InChI is InChI=1S/C26H18NS.C15H28O2.Ir/c1-26(2)20-12-7-11-19(24-17-9-4-3-8-16(17)14-15-27-24)22(20)25-23(26)18-10-5-6-13-21(18)28-25;1-7-14(5,8-2)12(16)11-13(17)15(6,9-3)10-4;/h3-10,12-15H,1-2H3;11,16H,7-10H2,1-6H3;/q-1;;/b;12-11-;. The zero-order valence-corrected chi connectivity index (χ0v) is 31.6. The molecule has 1 aliphatic carbocycles. The number of carbonyl (C=O) groups is 1. The van der Waals surface area contributed by atoms with Crippen molar-refractivity contribution in [2.24, 2.45) is 10.8 Å². The van der Waals surface area contributed by atoms with Gasteiger partial charge in [-0.25, -0.2) is 0 Å². The number of hydrogen-bond donors (Lipinski definition) is 1. The van der Waals surface area contributed by atoms with E-state index < -0.39 is 0 Å². The molecule has 0 bridgehead atoms. The first-order valence-corrected chi connectivity index (χ1v) is 17.1. The Hall–Kier alpha value is -3.11. The summed E-state index contributed by atoms with van der Waals surface area (Å²) in [6.07, 6.45) is 6.67. The van der Waals surface area contributed by atoms with E-state index >= 15 is 0 Å². The van der Waals surface area contributed by atoms with Crippen LogP contribution in [0, 0.1) is 16.9 Å². The molecule has 0 saturated carbocycles. The number of fused-ring (bicyclic) bond motifs is 6. The molecule has 46 heavy (non-hydrogen) atoms. The van der Waals surface area contributed by atoms with E-state index in [4.69, 9.17) is 4.98 Å². The van der Waals surface area contributed by atoms with Crippen molar-refractivity contribution in [1.82, 2.24) is 4.98 Å². The van der Waals surface area contributed by atoms with Gasteiger partial charge in [0, 0.05) is 47.9 Å². The molecule has 0 saturated heterocycles. The summed E-state index contributed by atoms with van der Waals surface area (Å²) in [5, 5.41) is 13.9. The van der Waals surface area contributed by atoms with E-state index in [0.29, 0.717) is 0 Å². The number of aliphatic hydroxyl groups is 1. The summed E-state index contributed by atoms with van der Waals surface area (Å²) in [4.78, 5) is 18.4. The van der Waals surface area contributed by atoms with Crippen LogP contribution in [0.25, 0.3) is 42.6 Å². The fraction of sp³-hybridized carbons (Fsp3) is 0.366. The number of hydrogen-bond acceptors (Lipinski definition) is 4. The van der Waals surface area contributed by atoms with Gasteiger partial charge in [0.1, 0.15) is 5.76 Å². The fourth-order valence-electron chi connectivity index (χ4n) is 6.42. The Bertz CT molecular complexity index is 1890. The van der Waals surface area contributed by atoms with E-state index in [1.165, 1.54) is 48.5 Å². The second kappa shape index (κ2) is 13.9. The van der Waals surface area contributed by atoms with Crippen molar-refractivity contribution in [1.29, 1.82) is 0 Å². The maximum atomic E-state index is 12.2. The average Bonchev–Trinajstić information content (AvgIpc) is 3.57. The van der Waals surface area contributed by atoms with Crippen LogP contribution in [0.3, 0.4) is 0 Å². The van der Waals surface area contributed by atoms with Crippen molar-refractivity contribution >= 4 is 38.0 Å². The Morgan fingerprint density at radius 3 is 2.15 bits per heavy atom. The number of aromatic nitrogens is 1. The molecule has 0 spiro atoms. The topological polar surface area (TPSA) is 50.2 Å². The van der Waals surface area contributed by atoms with Gasteiger partial charge in [-0.15, -0.1) is 40.7 Å². The SMILES string of the molecule is CC1(C)c2cc[c-]c(-c3nccc4ccccc34)c2-c2sc3ccccc3c21.CCC(C)(CC)C(=O)/C=C(\O)C(C)(CC)CC.[Ir]. The van der Waals surface area contributed by atoms with E-state index in [9.17, 15) is 9.90 Å². The van der Waals surface area contributed by atoms with Gasteiger partial charge in [0.2, 0.25) is 0 Å². The molecule has 1 aliphatic rings. The Labute approximate surface area is 292 Å². The Kier molecular flexibility index (Phi) is 10.8. The molecule has 243 valence electrons. The summed E-state index contributed by atoms with van der Waals surface area (Å²) in [6.45, 7) is 16.8. The van der Waals surface area contributed by atoms with Crippen molar-refractivity contribution in [2.45, 2.75) is 86.5 Å². The predicted molar refractivity (Wildman–Crippen MR) is 192 cm³/mol. The van der Waals surface area contributed by atoms with Gasteiger partial charge in [-0.1, -0.05) is 103 Å². The van der Waals surface area contributed by atoms with Crippen molar-refractivity contribution in [2.75, 3.05) is 0 Å². The summed E-state index contributed by atoms with van der Waals surface area (Å²) in [7, 11) is 0. The van der Waals surface area contributed by atoms with Crippen LogP contribution < -0.4 is 0 Å². The Balaban J connectivity index is 0.000000234. The Morgan fingerprint density at radius 1 is 0.891 bits per heavy atom. The minimum atomic E-state index is -0.337. The van der Waals surface area contributed by atoms with Crippen LogP contribution in [0.5, 0.6) is 0 Å². The third-order valence-electron chi connectivity index (χ3n) is 10.6. The minimum Gasteiger partial charge on any atom is -0.512 e. The molecule has 0 amide bonds. The molecular weight excluding hydrogens is 763 g/mol. The first-order valence-electron chi connectivity index (χ1n) is 16.3. The predicted octanol–water partition coefficient (Wildman–Crippen LogP) is 11.9. The molecular formula is C41H46IrNO2S-. The van der Waals surface area contributed by atoms with Crippen molar-refractivity contribution in [3.63, 3.8) is 0 Å². The molecule has 5 heteroatoms. The number of ketones is 1.